The molecule has 35 heavy (non-hydrogen) atoms. The van der Waals surface area contributed by atoms with Crippen molar-refractivity contribution in [3.8, 4) is 5.75 Å². The number of aliphatic carboxylic acids is 1. The minimum absolute atomic E-state index is 0.165. The number of amides is 1. The van der Waals surface area contributed by atoms with Gasteiger partial charge in [0.25, 0.3) is 5.91 Å². The number of benzene rings is 1. The molecule has 2 aromatic rings. The van der Waals surface area contributed by atoms with Crippen LogP contribution in [-0.4, -0.2) is 44.9 Å². The van der Waals surface area contributed by atoms with E-state index in [0.717, 1.165) is 36.0 Å². The maximum absolute atomic E-state index is 12.9. The van der Waals surface area contributed by atoms with Crippen molar-refractivity contribution in [2.45, 2.75) is 97.8 Å². The maximum atomic E-state index is 12.9. The van der Waals surface area contributed by atoms with Gasteiger partial charge in [0, 0.05) is 24.7 Å². The molecular formula is C28H42N2O5. The van der Waals surface area contributed by atoms with Crippen LogP contribution >= 0.6 is 0 Å². The lowest BCUT2D eigenvalue weighted by Gasteiger charge is -2.33. The summed E-state index contributed by atoms with van der Waals surface area (Å²) < 4.78 is 7.78. The highest BCUT2D eigenvalue weighted by molar-refractivity contribution is 5.93. The van der Waals surface area contributed by atoms with Crippen molar-refractivity contribution in [3.63, 3.8) is 0 Å². The summed E-state index contributed by atoms with van der Waals surface area (Å²) in [5, 5.41) is 22.3. The summed E-state index contributed by atoms with van der Waals surface area (Å²) in [6.07, 6.45) is 4.02. The van der Waals surface area contributed by atoms with Gasteiger partial charge in [-0.15, -0.1) is 0 Å². The number of hydrogen-bond acceptors (Lipinski definition) is 4. The first-order valence-electron chi connectivity index (χ1n) is 12.6. The largest absolute Gasteiger partial charge is 0.479 e. The summed E-state index contributed by atoms with van der Waals surface area (Å²) in [4.78, 5) is 24.5. The van der Waals surface area contributed by atoms with E-state index >= 15 is 0 Å². The lowest BCUT2D eigenvalue weighted by Crippen LogP contribution is -2.38. The van der Waals surface area contributed by atoms with Gasteiger partial charge in [0.2, 0.25) is 0 Å². The number of carboxylic acids is 1. The fourth-order valence-electron chi connectivity index (χ4n) is 4.57. The standard InChI is InChI=1S/C28H42N2O5/c1-8-12-24(26(32)33)35-23-14-13-20(15-19(23)5)28(9-2,10-3)21-16-22(30(11-4)17-21)25(31)29-18-27(6,7)34/h13-17,24,34H,8-12,18H2,1-7H3,(H,29,31)(H,32,33). The Morgan fingerprint density at radius 2 is 1.74 bits per heavy atom. The fourth-order valence-corrected chi connectivity index (χ4v) is 4.57. The van der Waals surface area contributed by atoms with E-state index in [-0.39, 0.29) is 17.9 Å². The Balaban J connectivity index is 2.45. The van der Waals surface area contributed by atoms with Crippen LogP contribution in [-0.2, 0) is 16.8 Å². The van der Waals surface area contributed by atoms with Crippen molar-refractivity contribution in [1.82, 2.24) is 9.88 Å². The maximum Gasteiger partial charge on any atom is 0.344 e. The molecule has 0 aliphatic rings. The van der Waals surface area contributed by atoms with E-state index in [1.165, 1.54) is 0 Å². The summed E-state index contributed by atoms with van der Waals surface area (Å²) in [6.45, 7) is 14.3. The molecule has 1 heterocycles. The van der Waals surface area contributed by atoms with Gasteiger partial charge in [-0.2, -0.15) is 0 Å². The van der Waals surface area contributed by atoms with Gasteiger partial charge in [-0.25, -0.2) is 4.79 Å². The molecule has 1 aromatic carbocycles. The van der Waals surface area contributed by atoms with E-state index in [1.807, 2.05) is 49.7 Å². The van der Waals surface area contributed by atoms with E-state index in [1.54, 1.807) is 13.8 Å². The Hall–Kier alpha value is -2.80. The number of nitrogens with zero attached hydrogens (tertiary/aromatic N) is 1. The Morgan fingerprint density at radius 1 is 1.09 bits per heavy atom. The van der Waals surface area contributed by atoms with Crippen molar-refractivity contribution < 1.29 is 24.5 Å². The van der Waals surface area contributed by atoms with Crippen LogP contribution in [0.2, 0.25) is 0 Å². The molecule has 1 amide bonds. The van der Waals surface area contributed by atoms with Crippen molar-refractivity contribution in [2.75, 3.05) is 6.54 Å². The van der Waals surface area contributed by atoms with Gasteiger partial charge in [0.15, 0.2) is 6.10 Å². The highest BCUT2D eigenvalue weighted by Gasteiger charge is 2.34. The number of carboxylic acid groups (broad SMARTS) is 1. The molecule has 0 bridgehead atoms. The molecule has 7 nitrogen and oxygen atoms in total. The zero-order valence-corrected chi connectivity index (χ0v) is 22.3. The highest BCUT2D eigenvalue weighted by atomic mass is 16.5. The summed E-state index contributed by atoms with van der Waals surface area (Å²) >= 11 is 0. The van der Waals surface area contributed by atoms with Gasteiger partial charge in [-0.1, -0.05) is 39.3 Å². The van der Waals surface area contributed by atoms with Crippen molar-refractivity contribution in [2.24, 2.45) is 0 Å². The van der Waals surface area contributed by atoms with Crippen LogP contribution in [0.25, 0.3) is 0 Å². The lowest BCUT2D eigenvalue weighted by atomic mass is 9.71. The van der Waals surface area contributed by atoms with Gasteiger partial charge in [-0.05, 0) is 75.8 Å². The Labute approximate surface area is 209 Å². The van der Waals surface area contributed by atoms with Crippen LogP contribution in [0.4, 0.5) is 0 Å². The lowest BCUT2D eigenvalue weighted by molar-refractivity contribution is -0.145. The van der Waals surface area contributed by atoms with E-state index in [4.69, 9.17) is 4.74 Å². The molecule has 1 aromatic heterocycles. The topological polar surface area (TPSA) is 101 Å². The average molecular weight is 487 g/mol. The van der Waals surface area contributed by atoms with Crippen molar-refractivity contribution in [1.29, 1.82) is 0 Å². The number of ether oxygens (including phenoxy) is 1. The van der Waals surface area contributed by atoms with E-state index in [9.17, 15) is 19.8 Å². The summed E-state index contributed by atoms with van der Waals surface area (Å²) in [7, 11) is 0. The van der Waals surface area contributed by atoms with Gasteiger partial charge in [0.05, 0.1) is 5.60 Å². The molecule has 0 saturated carbocycles. The second-order valence-electron chi connectivity index (χ2n) is 9.90. The predicted octanol–water partition coefficient (Wildman–Crippen LogP) is 5.06. The number of carbonyl (C=O) groups excluding carboxylic acids is 1. The molecule has 0 aliphatic heterocycles. The van der Waals surface area contributed by atoms with Crippen LogP contribution in [0.1, 0.15) is 94.4 Å². The third kappa shape index (κ3) is 6.66. The first kappa shape index (κ1) is 28.4. The first-order valence-corrected chi connectivity index (χ1v) is 12.6. The molecule has 1 atom stereocenters. The van der Waals surface area contributed by atoms with Crippen molar-refractivity contribution in [3.05, 3.63) is 52.8 Å². The highest BCUT2D eigenvalue weighted by Crippen LogP contribution is 2.41. The van der Waals surface area contributed by atoms with Gasteiger partial charge in [0.1, 0.15) is 11.4 Å². The van der Waals surface area contributed by atoms with Gasteiger partial charge >= 0.3 is 5.97 Å². The van der Waals surface area contributed by atoms with Crippen LogP contribution in [0.5, 0.6) is 5.75 Å². The van der Waals surface area contributed by atoms with Gasteiger partial charge < -0.3 is 24.8 Å². The molecule has 0 radical (unpaired) electrons. The molecule has 2 rings (SSSR count). The summed E-state index contributed by atoms with van der Waals surface area (Å²) in [6, 6.07) is 7.91. The van der Waals surface area contributed by atoms with Crippen LogP contribution < -0.4 is 10.1 Å². The normalized spacial score (nSPS) is 12.9. The molecule has 0 aliphatic carbocycles. The Morgan fingerprint density at radius 3 is 2.23 bits per heavy atom. The number of aryl methyl sites for hydroxylation is 2. The molecule has 7 heteroatoms. The monoisotopic (exact) mass is 486 g/mol. The molecule has 3 N–H and O–H groups in total. The third-order valence-electron chi connectivity index (χ3n) is 6.73. The van der Waals surface area contributed by atoms with E-state index in [0.29, 0.717) is 24.4 Å². The predicted molar refractivity (Wildman–Crippen MR) is 138 cm³/mol. The molecule has 1 unspecified atom stereocenters. The minimum atomic E-state index is -0.989. The molecule has 0 saturated heterocycles. The number of rotatable bonds is 13. The van der Waals surface area contributed by atoms with Crippen LogP contribution in [0, 0.1) is 6.92 Å². The zero-order chi connectivity index (χ0) is 26.4. The fraction of sp³-hybridized carbons (Fsp3) is 0.571. The molecular weight excluding hydrogens is 444 g/mol. The minimum Gasteiger partial charge on any atom is -0.479 e. The average Bonchev–Trinajstić information content (AvgIpc) is 3.24. The number of aromatic nitrogens is 1. The van der Waals surface area contributed by atoms with Crippen LogP contribution in [0.3, 0.4) is 0 Å². The van der Waals surface area contributed by atoms with Gasteiger partial charge in [-0.3, -0.25) is 4.79 Å². The smallest absolute Gasteiger partial charge is 0.344 e. The van der Waals surface area contributed by atoms with E-state index < -0.39 is 17.7 Å². The quantitative estimate of drug-likeness (QED) is 0.368. The molecule has 0 fully saturated rings. The second-order valence-corrected chi connectivity index (χ2v) is 9.90. The number of hydrogen-bond donors (Lipinski definition) is 3. The molecule has 194 valence electrons. The summed E-state index contributed by atoms with van der Waals surface area (Å²) in [5.74, 6) is -0.589. The van der Waals surface area contributed by atoms with Crippen molar-refractivity contribution >= 4 is 11.9 Å². The third-order valence-corrected chi connectivity index (χ3v) is 6.73. The molecule has 0 spiro atoms. The SMILES string of the molecule is CCCC(Oc1ccc(C(CC)(CC)c2cc(C(=O)NCC(C)(C)O)n(CC)c2)cc1C)C(=O)O. The first-order chi connectivity index (χ1) is 16.4. The number of aliphatic hydroxyl groups is 1. The van der Waals surface area contributed by atoms with E-state index in [2.05, 4.69) is 25.2 Å². The Bertz CT molecular complexity index is 1010. The Kier molecular flexibility index (Phi) is 9.55. The zero-order valence-electron chi connectivity index (χ0n) is 22.3. The summed E-state index contributed by atoms with van der Waals surface area (Å²) in [5.41, 5.74) is 2.31. The number of carbonyl (C=O) groups is 2. The number of nitrogens with one attached hydrogen (secondary N) is 1. The van der Waals surface area contributed by atoms with Crippen LogP contribution in [0.15, 0.2) is 30.5 Å². The second kappa shape index (κ2) is 11.8.